The van der Waals surface area contributed by atoms with Gasteiger partial charge < -0.3 is 5.73 Å². The highest BCUT2D eigenvalue weighted by atomic mass is 32.2. The van der Waals surface area contributed by atoms with E-state index in [4.69, 9.17) is 5.73 Å². The number of nitrogens with one attached hydrogen (secondary N) is 1. The van der Waals surface area contributed by atoms with E-state index < -0.39 is 10.2 Å². The van der Waals surface area contributed by atoms with Crippen molar-refractivity contribution in [2.75, 3.05) is 20.1 Å². The van der Waals surface area contributed by atoms with Gasteiger partial charge in [0, 0.05) is 19.6 Å². The van der Waals surface area contributed by atoms with Crippen LogP contribution in [0.15, 0.2) is 0 Å². The molecule has 2 aliphatic carbocycles. The van der Waals surface area contributed by atoms with Crippen LogP contribution in [0.2, 0.25) is 0 Å². The van der Waals surface area contributed by atoms with E-state index in [2.05, 4.69) is 25.5 Å². The van der Waals surface area contributed by atoms with Gasteiger partial charge in [0.25, 0.3) is 10.2 Å². The molecule has 2 saturated carbocycles. The summed E-state index contributed by atoms with van der Waals surface area (Å²) in [6.45, 7) is 7.62. The fourth-order valence-electron chi connectivity index (χ4n) is 4.27. The molecule has 0 amide bonds. The number of rotatable bonds is 6. The van der Waals surface area contributed by atoms with Crippen LogP contribution in [0.3, 0.4) is 0 Å². The highest BCUT2D eigenvalue weighted by Gasteiger charge is 2.60. The minimum Gasteiger partial charge on any atom is -0.330 e. The Morgan fingerprint density at radius 3 is 2.50 bits per heavy atom. The fourth-order valence-corrected chi connectivity index (χ4v) is 5.70. The highest BCUT2D eigenvalue weighted by Crippen LogP contribution is 2.62. The maximum absolute atomic E-state index is 12.5. The largest absolute Gasteiger partial charge is 0.330 e. The summed E-state index contributed by atoms with van der Waals surface area (Å²) in [4.78, 5) is 0. The van der Waals surface area contributed by atoms with E-state index in [-0.39, 0.29) is 16.9 Å². The molecular weight excluding hydrogens is 274 g/mol. The van der Waals surface area contributed by atoms with Crippen LogP contribution in [-0.2, 0) is 10.2 Å². The highest BCUT2D eigenvalue weighted by molar-refractivity contribution is 7.87. The summed E-state index contributed by atoms with van der Waals surface area (Å²) in [5.41, 5.74) is 5.60. The monoisotopic (exact) mass is 303 g/mol. The third-order valence-electron chi connectivity index (χ3n) is 5.62. The second-order valence-electron chi connectivity index (χ2n) is 7.43. The predicted molar refractivity (Wildman–Crippen MR) is 81.4 cm³/mol. The van der Waals surface area contributed by atoms with Gasteiger partial charge >= 0.3 is 0 Å². The third kappa shape index (κ3) is 2.63. The van der Waals surface area contributed by atoms with Crippen molar-refractivity contribution in [3.05, 3.63) is 0 Å². The van der Waals surface area contributed by atoms with Crippen molar-refractivity contribution < 1.29 is 8.42 Å². The number of nitrogens with zero attached hydrogens (tertiary/aromatic N) is 1. The molecule has 2 bridgehead atoms. The van der Waals surface area contributed by atoms with Crippen molar-refractivity contribution in [3.8, 4) is 0 Å². The Labute approximate surface area is 123 Å². The predicted octanol–water partition coefficient (Wildman–Crippen LogP) is 1.32. The first-order chi connectivity index (χ1) is 9.13. The van der Waals surface area contributed by atoms with Gasteiger partial charge in [-0.15, -0.1) is 0 Å². The molecule has 6 heteroatoms. The minimum atomic E-state index is -3.42. The van der Waals surface area contributed by atoms with Crippen molar-refractivity contribution in [3.63, 3.8) is 0 Å². The first kappa shape index (κ1) is 16.2. The van der Waals surface area contributed by atoms with Crippen LogP contribution in [-0.4, -0.2) is 38.9 Å². The molecule has 0 aromatic heterocycles. The Morgan fingerprint density at radius 2 is 2.00 bits per heavy atom. The Morgan fingerprint density at radius 1 is 1.35 bits per heavy atom. The van der Waals surface area contributed by atoms with E-state index in [1.54, 1.807) is 7.05 Å². The smallest absolute Gasteiger partial charge is 0.279 e. The van der Waals surface area contributed by atoms with E-state index in [9.17, 15) is 8.42 Å². The van der Waals surface area contributed by atoms with Crippen LogP contribution < -0.4 is 10.5 Å². The van der Waals surface area contributed by atoms with Gasteiger partial charge in [0.2, 0.25) is 0 Å². The number of nitrogens with two attached hydrogens (primary N) is 1. The minimum absolute atomic E-state index is 0.0269. The topological polar surface area (TPSA) is 75.4 Å². The first-order valence-corrected chi connectivity index (χ1v) is 9.01. The zero-order valence-corrected chi connectivity index (χ0v) is 14.0. The molecule has 0 saturated heterocycles. The van der Waals surface area contributed by atoms with E-state index in [1.165, 1.54) is 10.7 Å². The second-order valence-corrected chi connectivity index (χ2v) is 9.24. The van der Waals surface area contributed by atoms with Crippen molar-refractivity contribution >= 4 is 10.2 Å². The molecule has 3 atom stereocenters. The summed E-state index contributed by atoms with van der Waals surface area (Å²) in [6.07, 6.45) is 4.18. The maximum atomic E-state index is 12.5. The molecule has 2 fully saturated rings. The third-order valence-corrected chi connectivity index (χ3v) is 7.16. The summed E-state index contributed by atoms with van der Waals surface area (Å²) in [5, 5.41) is 0. The summed E-state index contributed by atoms with van der Waals surface area (Å²) in [6, 6.07) is 0.0269. The molecule has 0 spiro atoms. The van der Waals surface area contributed by atoms with E-state index >= 15 is 0 Å². The number of hydrogen-bond donors (Lipinski definition) is 2. The quantitative estimate of drug-likeness (QED) is 0.777. The Kier molecular flexibility index (Phi) is 4.24. The van der Waals surface area contributed by atoms with E-state index in [0.717, 1.165) is 12.8 Å². The second kappa shape index (κ2) is 5.23. The van der Waals surface area contributed by atoms with Crippen LogP contribution in [0.4, 0.5) is 0 Å². The van der Waals surface area contributed by atoms with Gasteiger partial charge in [-0.05, 0) is 49.0 Å². The van der Waals surface area contributed by atoms with Gasteiger partial charge in [-0.25, -0.2) is 0 Å². The zero-order valence-electron chi connectivity index (χ0n) is 13.1. The maximum Gasteiger partial charge on any atom is 0.279 e. The molecule has 0 radical (unpaired) electrons. The molecule has 118 valence electrons. The average molecular weight is 303 g/mol. The molecule has 5 nitrogen and oxygen atoms in total. The zero-order chi connectivity index (χ0) is 15.2. The molecule has 3 N–H and O–H groups in total. The molecule has 2 aliphatic rings. The number of hydrogen-bond acceptors (Lipinski definition) is 3. The molecule has 0 aromatic rings. The van der Waals surface area contributed by atoms with Crippen LogP contribution in [0.5, 0.6) is 0 Å². The fraction of sp³-hybridized carbons (Fsp3) is 1.00. The summed E-state index contributed by atoms with van der Waals surface area (Å²) in [5.74, 6) is 0.634. The lowest BCUT2D eigenvalue weighted by Gasteiger charge is -2.43. The lowest BCUT2D eigenvalue weighted by Crippen LogP contribution is -2.55. The molecule has 20 heavy (non-hydrogen) atoms. The molecule has 3 unspecified atom stereocenters. The van der Waals surface area contributed by atoms with Crippen LogP contribution in [0.1, 0.15) is 46.5 Å². The molecular formula is C14H29N3O2S. The molecule has 0 aromatic carbocycles. The van der Waals surface area contributed by atoms with Crippen molar-refractivity contribution in [1.29, 1.82) is 0 Å². The Balaban J connectivity index is 2.13. The molecule has 2 rings (SSSR count). The first-order valence-electron chi connectivity index (χ1n) is 7.57. The van der Waals surface area contributed by atoms with Crippen LogP contribution >= 0.6 is 0 Å². The van der Waals surface area contributed by atoms with Crippen molar-refractivity contribution in [1.82, 2.24) is 9.03 Å². The molecule has 0 aliphatic heterocycles. The van der Waals surface area contributed by atoms with Gasteiger partial charge in [0.1, 0.15) is 0 Å². The van der Waals surface area contributed by atoms with Gasteiger partial charge in [0.05, 0.1) is 0 Å². The molecule has 0 heterocycles. The van der Waals surface area contributed by atoms with E-state index in [0.29, 0.717) is 25.4 Å². The summed E-state index contributed by atoms with van der Waals surface area (Å²) in [7, 11) is -1.79. The van der Waals surface area contributed by atoms with Gasteiger partial charge in [-0.1, -0.05) is 20.8 Å². The van der Waals surface area contributed by atoms with E-state index in [1.807, 2.05) is 0 Å². The standard InChI is InChI=1S/C14H29N3O2S/c1-13(2)11-6-7-14(3,10-11)12(13)16-20(18,19)17(4)9-5-8-15/h11-12,16H,5-10,15H2,1-4H3. The van der Waals surface area contributed by atoms with Gasteiger partial charge in [-0.2, -0.15) is 17.4 Å². The lowest BCUT2D eigenvalue weighted by atomic mass is 9.69. The Bertz CT molecular complexity index is 458. The van der Waals surface area contributed by atoms with Gasteiger partial charge in [0.15, 0.2) is 0 Å². The van der Waals surface area contributed by atoms with Crippen molar-refractivity contribution in [2.45, 2.75) is 52.5 Å². The normalized spacial score (nSPS) is 35.9. The van der Waals surface area contributed by atoms with Crippen LogP contribution in [0.25, 0.3) is 0 Å². The van der Waals surface area contributed by atoms with Gasteiger partial charge in [-0.3, -0.25) is 0 Å². The summed E-state index contributed by atoms with van der Waals surface area (Å²) < 4.78 is 29.3. The van der Waals surface area contributed by atoms with Crippen molar-refractivity contribution in [2.24, 2.45) is 22.5 Å². The Hall–Kier alpha value is -0.170. The average Bonchev–Trinajstić information content (AvgIpc) is 2.83. The SMILES string of the molecule is CN(CCCN)S(=O)(=O)NC1C2(C)CCC(C2)C1(C)C. The number of fused-ring (bicyclic) bond motifs is 2. The van der Waals surface area contributed by atoms with Crippen LogP contribution in [0, 0.1) is 16.7 Å². The lowest BCUT2D eigenvalue weighted by molar-refractivity contribution is 0.126. The summed E-state index contributed by atoms with van der Waals surface area (Å²) >= 11 is 0.